The van der Waals surface area contributed by atoms with Crippen LogP contribution in [0.5, 0.6) is 0 Å². The molecule has 2 saturated heterocycles. The Morgan fingerprint density at radius 3 is 2.65 bits per heavy atom. The molecule has 2 aliphatic heterocycles. The van der Waals surface area contributed by atoms with Crippen LogP contribution >= 0.6 is 0 Å². The van der Waals surface area contributed by atoms with Crippen molar-refractivity contribution < 1.29 is 9.47 Å². The van der Waals surface area contributed by atoms with Crippen molar-refractivity contribution in [3.8, 4) is 0 Å². The van der Waals surface area contributed by atoms with Gasteiger partial charge < -0.3 is 14.8 Å². The number of hydrogen-bond acceptors (Lipinski definition) is 4. The molecule has 17 heavy (non-hydrogen) atoms. The minimum Gasteiger partial charge on any atom is -0.381 e. The van der Waals surface area contributed by atoms with E-state index in [0.717, 1.165) is 51.9 Å². The summed E-state index contributed by atoms with van der Waals surface area (Å²) in [5, 5.41) is 3.54. The molecule has 0 aromatic heterocycles. The van der Waals surface area contributed by atoms with E-state index in [1.807, 2.05) is 0 Å². The van der Waals surface area contributed by atoms with Crippen molar-refractivity contribution >= 4 is 0 Å². The summed E-state index contributed by atoms with van der Waals surface area (Å²) in [5.41, 5.74) is 0. The lowest BCUT2D eigenvalue weighted by Crippen LogP contribution is -2.47. The maximum absolute atomic E-state index is 5.73. The van der Waals surface area contributed by atoms with Gasteiger partial charge in [0.1, 0.15) is 0 Å². The Kier molecular flexibility index (Phi) is 5.22. The number of rotatable bonds is 5. The molecular weight excluding hydrogens is 216 g/mol. The lowest BCUT2D eigenvalue weighted by atomic mass is 10.1. The van der Waals surface area contributed by atoms with E-state index >= 15 is 0 Å². The summed E-state index contributed by atoms with van der Waals surface area (Å²) in [7, 11) is 0. The summed E-state index contributed by atoms with van der Waals surface area (Å²) in [5.74, 6) is 0.734. The van der Waals surface area contributed by atoms with Crippen molar-refractivity contribution in [2.75, 3.05) is 45.9 Å². The van der Waals surface area contributed by atoms with E-state index in [9.17, 15) is 0 Å². The number of hydrogen-bond donors (Lipinski definition) is 1. The number of ether oxygens (including phenoxy) is 2. The third kappa shape index (κ3) is 4.54. The van der Waals surface area contributed by atoms with E-state index in [0.29, 0.717) is 12.2 Å². The molecule has 100 valence electrons. The zero-order valence-electron chi connectivity index (χ0n) is 11.2. The Morgan fingerprint density at radius 2 is 2.00 bits per heavy atom. The molecule has 1 N–H and O–H groups in total. The Bertz CT molecular complexity index is 209. The monoisotopic (exact) mass is 242 g/mol. The number of nitrogens with zero attached hydrogens (tertiary/aromatic N) is 1. The second-order valence-electron chi connectivity index (χ2n) is 5.45. The lowest BCUT2D eigenvalue weighted by Gasteiger charge is -2.35. The number of morpholine rings is 1. The highest BCUT2D eigenvalue weighted by Gasteiger charge is 2.21. The van der Waals surface area contributed by atoms with Crippen LogP contribution in [0, 0.1) is 5.92 Å². The zero-order chi connectivity index (χ0) is 12.1. The van der Waals surface area contributed by atoms with Crippen LogP contribution in [-0.4, -0.2) is 63.0 Å². The van der Waals surface area contributed by atoms with Gasteiger partial charge in [-0.15, -0.1) is 0 Å². The normalized spacial score (nSPS) is 35.3. The highest BCUT2D eigenvalue weighted by Crippen LogP contribution is 2.11. The van der Waals surface area contributed by atoms with Gasteiger partial charge in [-0.2, -0.15) is 0 Å². The smallest absolute Gasteiger partial charge is 0.0678 e. The standard InChI is InChI=1S/C13H26N2O2/c1-11-8-15(9-12(2)17-11)5-4-14-7-13-3-6-16-10-13/h11-14H,3-10H2,1-2H3. The first-order valence-electron chi connectivity index (χ1n) is 6.90. The predicted octanol–water partition coefficient (Wildman–Crippen LogP) is 0.722. The van der Waals surface area contributed by atoms with Crippen LogP contribution in [-0.2, 0) is 9.47 Å². The summed E-state index contributed by atoms with van der Waals surface area (Å²) in [4.78, 5) is 2.50. The van der Waals surface area contributed by atoms with Crippen molar-refractivity contribution in [3.05, 3.63) is 0 Å². The van der Waals surface area contributed by atoms with Gasteiger partial charge >= 0.3 is 0 Å². The average molecular weight is 242 g/mol. The number of nitrogens with one attached hydrogen (secondary N) is 1. The van der Waals surface area contributed by atoms with Crippen LogP contribution in [0.25, 0.3) is 0 Å². The molecule has 2 fully saturated rings. The summed E-state index contributed by atoms with van der Waals surface area (Å²) < 4.78 is 11.1. The second kappa shape index (κ2) is 6.69. The largest absolute Gasteiger partial charge is 0.381 e. The first kappa shape index (κ1) is 13.3. The predicted molar refractivity (Wildman–Crippen MR) is 68.2 cm³/mol. The van der Waals surface area contributed by atoms with Crippen LogP contribution in [0.1, 0.15) is 20.3 Å². The molecule has 0 aromatic rings. The van der Waals surface area contributed by atoms with Crippen LogP contribution in [0.4, 0.5) is 0 Å². The first-order valence-corrected chi connectivity index (χ1v) is 6.90. The SMILES string of the molecule is CC1CN(CCNCC2CCOC2)CC(C)O1. The third-order valence-corrected chi connectivity index (χ3v) is 3.56. The van der Waals surface area contributed by atoms with E-state index in [2.05, 4.69) is 24.1 Å². The highest BCUT2D eigenvalue weighted by atomic mass is 16.5. The van der Waals surface area contributed by atoms with Crippen molar-refractivity contribution in [1.82, 2.24) is 10.2 Å². The van der Waals surface area contributed by atoms with Crippen LogP contribution < -0.4 is 5.32 Å². The zero-order valence-corrected chi connectivity index (χ0v) is 11.2. The second-order valence-corrected chi connectivity index (χ2v) is 5.45. The molecule has 3 atom stereocenters. The fraction of sp³-hybridized carbons (Fsp3) is 1.00. The molecule has 0 saturated carbocycles. The maximum atomic E-state index is 5.73. The molecule has 0 bridgehead atoms. The average Bonchev–Trinajstić information content (AvgIpc) is 2.76. The molecule has 2 rings (SSSR count). The quantitative estimate of drug-likeness (QED) is 0.720. The van der Waals surface area contributed by atoms with Gasteiger partial charge in [0, 0.05) is 39.3 Å². The maximum Gasteiger partial charge on any atom is 0.0678 e. The fourth-order valence-corrected chi connectivity index (χ4v) is 2.75. The van der Waals surface area contributed by atoms with Crippen molar-refractivity contribution in [3.63, 3.8) is 0 Å². The van der Waals surface area contributed by atoms with Crippen LogP contribution in [0.15, 0.2) is 0 Å². The summed E-state index contributed by atoms with van der Waals surface area (Å²) >= 11 is 0. The summed E-state index contributed by atoms with van der Waals surface area (Å²) in [6, 6.07) is 0. The first-order chi connectivity index (χ1) is 8.24. The van der Waals surface area contributed by atoms with E-state index in [-0.39, 0.29) is 0 Å². The molecule has 4 heteroatoms. The Labute approximate surface area is 105 Å². The van der Waals surface area contributed by atoms with Gasteiger partial charge in [-0.1, -0.05) is 0 Å². The third-order valence-electron chi connectivity index (χ3n) is 3.56. The molecular formula is C13H26N2O2. The Balaban J connectivity index is 1.54. The van der Waals surface area contributed by atoms with Gasteiger partial charge in [0.2, 0.25) is 0 Å². The van der Waals surface area contributed by atoms with Gasteiger partial charge in [0.25, 0.3) is 0 Å². The van der Waals surface area contributed by atoms with Crippen LogP contribution in [0.2, 0.25) is 0 Å². The van der Waals surface area contributed by atoms with Crippen molar-refractivity contribution in [2.24, 2.45) is 5.92 Å². The molecule has 0 amide bonds. The molecule has 0 radical (unpaired) electrons. The molecule has 0 aromatic carbocycles. The minimum atomic E-state index is 0.377. The van der Waals surface area contributed by atoms with E-state index in [4.69, 9.17) is 9.47 Å². The summed E-state index contributed by atoms with van der Waals surface area (Å²) in [6.45, 7) is 11.7. The van der Waals surface area contributed by atoms with E-state index in [1.165, 1.54) is 6.42 Å². The Hall–Kier alpha value is -0.160. The molecule has 0 aliphatic carbocycles. The van der Waals surface area contributed by atoms with Gasteiger partial charge in [0.05, 0.1) is 18.8 Å². The molecule has 0 spiro atoms. The highest BCUT2D eigenvalue weighted by molar-refractivity contribution is 4.74. The molecule has 2 aliphatic rings. The fourth-order valence-electron chi connectivity index (χ4n) is 2.75. The molecule has 2 heterocycles. The molecule has 4 nitrogen and oxygen atoms in total. The van der Waals surface area contributed by atoms with E-state index in [1.54, 1.807) is 0 Å². The topological polar surface area (TPSA) is 33.7 Å². The van der Waals surface area contributed by atoms with Crippen molar-refractivity contribution in [2.45, 2.75) is 32.5 Å². The summed E-state index contributed by atoms with van der Waals surface area (Å²) in [6.07, 6.45) is 1.97. The van der Waals surface area contributed by atoms with Gasteiger partial charge in [-0.05, 0) is 26.2 Å². The minimum absolute atomic E-state index is 0.377. The van der Waals surface area contributed by atoms with E-state index < -0.39 is 0 Å². The van der Waals surface area contributed by atoms with Gasteiger partial charge in [0.15, 0.2) is 0 Å². The molecule has 3 unspecified atom stereocenters. The Morgan fingerprint density at radius 1 is 1.24 bits per heavy atom. The lowest BCUT2D eigenvalue weighted by molar-refractivity contribution is -0.0674. The van der Waals surface area contributed by atoms with Gasteiger partial charge in [-0.25, -0.2) is 0 Å². The van der Waals surface area contributed by atoms with Gasteiger partial charge in [-0.3, -0.25) is 4.90 Å². The van der Waals surface area contributed by atoms with Crippen LogP contribution in [0.3, 0.4) is 0 Å². The van der Waals surface area contributed by atoms with Crippen molar-refractivity contribution in [1.29, 1.82) is 0 Å².